The number of carboxylic acid groups (broad SMARTS) is 1. The minimum atomic E-state index is -1.29. The van der Waals surface area contributed by atoms with Gasteiger partial charge in [-0.1, -0.05) is 12.1 Å². The van der Waals surface area contributed by atoms with E-state index in [1.807, 2.05) is 0 Å². The highest BCUT2D eigenvalue weighted by Gasteiger charge is 2.44. The number of hydrazine groups is 2. The summed E-state index contributed by atoms with van der Waals surface area (Å²) in [5, 5.41) is 14.3. The van der Waals surface area contributed by atoms with Crippen LogP contribution in [-0.2, 0) is 19.2 Å². The number of rotatable bonds is 8. The zero-order chi connectivity index (χ0) is 24.8. The van der Waals surface area contributed by atoms with Crippen LogP contribution in [0.25, 0.3) is 0 Å². The molecule has 2 aliphatic heterocycles. The Labute approximate surface area is 194 Å². The van der Waals surface area contributed by atoms with Crippen molar-refractivity contribution in [3.05, 3.63) is 29.8 Å². The number of carbonyl (C=O) groups excluding carboxylic acids is 5. The molecule has 2 fully saturated rings. The van der Waals surface area contributed by atoms with E-state index < -0.39 is 48.2 Å². The number of para-hydroxylation sites is 1. The first-order valence-corrected chi connectivity index (χ1v) is 10.6. The van der Waals surface area contributed by atoms with Crippen molar-refractivity contribution in [2.75, 3.05) is 20.2 Å². The second kappa shape index (κ2) is 10.6. The molecular formula is C21H25N5O8. The van der Waals surface area contributed by atoms with Gasteiger partial charge >= 0.3 is 12.0 Å². The summed E-state index contributed by atoms with van der Waals surface area (Å²) in [7, 11) is 1.40. The number of aldehydes is 1. The highest BCUT2D eigenvalue weighted by Crippen LogP contribution is 2.24. The molecule has 1 aromatic rings. The molecule has 3 rings (SSSR count). The highest BCUT2D eigenvalue weighted by molar-refractivity contribution is 5.98. The van der Waals surface area contributed by atoms with E-state index in [0.717, 1.165) is 15.0 Å². The third kappa shape index (κ3) is 5.24. The van der Waals surface area contributed by atoms with Crippen LogP contribution in [0.5, 0.6) is 5.75 Å². The summed E-state index contributed by atoms with van der Waals surface area (Å²) < 4.78 is 5.17. The number of aliphatic carboxylic acids is 1. The van der Waals surface area contributed by atoms with Crippen LogP contribution in [0.3, 0.4) is 0 Å². The predicted molar refractivity (Wildman–Crippen MR) is 114 cm³/mol. The standard InChI is InChI=1S/C21H25N5O8/c1-34-16-7-3-2-5-14(16)19(31)23-24-10-8-17(28)25-9-4-6-15(26(25)21(24)33)20(32)22-13(12-27)11-18(29)30/h2-3,5,7,12-13,15H,4,6,8-11H2,1H3,(H,22,32)(H,23,31)(H,29,30)/t13-,15-/m0/s1. The Hall–Kier alpha value is -4.16. The molecule has 5 amide bonds. The molecule has 1 aromatic carbocycles. The van der Waals surface area contributed by atoms with Crippen molar-refractivity contribution in [2.45, 2.75) is 37.8 Å². The average Bonchev–Trinajstić information content (AvgIpc) is 2.95. The summed E-state index contributed by atoms with van der Waals surface area (Å²) in [5.74, 6) is -2.84. The third-order valence-corrected chi connectivity index (χ3v) is 5.44. The zero-order valence-corrected chi connectivity index (χ0v) is 18.4. The maximum atomic E-state index is 13.4. The number of methoxy groups -OCH3 is 1. The van der Waals surface area contributed by atoms with Crippen LogP contribution < -0.4 is 15.5 Å². The number of fused-ring (bicyclic) bond motifs is 1. The molecule has 34 heavy (non-hydrogen) atoms. The summed E-state index contributed by atoms with van der Waals surface area (Å²) in [5.41, 5.74) is 2.64. The molecule has 0 unspecified atom stereocenters. The van der Waals surface area contributed by atoms with E-state index in [2.05, 4.69) is 10.7 Å². The molecule has 0 bridgehead atoms. The van der Waals surface area contributed by atoms with Crippen molar-refractivity contribution in [3.63, 3.8) is 0 Å². The number of carboxylic acids is 1. The van der Waals surface area contributed by atoms with Crippen LogP contribution in [0, 0.1) is 0 Å². The molecule has 0 aromatic heterocycles. The second-order valence-corrected chi connectivity index (χ2v) is 7.69. The van der Waals surface area contributed by atoms with Gasteiger partial charge in [-0.15, -0.1) is 0 Å². The molecule has 0 radical (unpaired) electrons. The summed E-state index contributed by atoms with van der Waals surface area (Å²) in [6.07, 6.45) is 0.153. The van der Waals surface area contributed by atoms with Crippen LogP contribution in [-0.4, -0.2) is 88.4 Å². The van der Waals surface area contributed by atoms with Gasteiger partial charge in [0.1, 0.15) is 18.1 Å². The number of urea groups is 1. The zero-order valence-electron chi connectivity index (χ0n) is 18.4. The van der Waals surface area contributed by atoms with E-state index in [-0.39, 0.29) is 37.2 Å². The minimum Gasteiger partial charge on any atom is -0.496 e. The van der Waals surface area contributed by atoms with E-state index in [0.29, 0.717) is 12.7 Å². The number of hydrogen-bond acceptors (Lipinski definition) is 7. The first-order valence-electron chi connectivity index (χ1n) is 10.6. The lowest BCUT2D eigenvalue weighted by Crippen LogP contribution is -2.64. The molecule has 3 N–H and O–H groups in total. The van der Waals surface area contributed by atoms with Gasteiger partial charge in [0.05, 0.1) is 31.7 Å². The molecule has 13 nitrogen and oxygen atoms in total. The molecule has 2 heterocycles. The molecule has 2 atom stereocenters. The Balaban J connectivity index is 1.83. The Bertz CT molecular complexity index is 999. The normalized spacial score (nSPS) is 19.0. The smallest absolute Gasteiger partial charge is 0.358 e. The fraction of sp³-hybridized carbons (Fsp3) is 0.429. The van der Waals surface area contributed by atoms with Gasteiger partial charge in [-0.3, -0.25) is 24.6 Å². The topological polar surface area (TPSA) is 166 Å². The van der Waals surface area contributed by atoms with Crippen molar-refractivity contribution in [1.29, 1.82) is 0 Å². The van der Waals surface area contributed by atoms with Crippen LogP contribution in [0.15, 0.2) is 24.3 Å². The molecule has 2 aliphatic rings. The van der Waals surface area contributed by atoms with Crippen LogP contribution in [0.4, 0.5) is 4.79 Å². The maximum Gasteiger partial charge on any atom is 0.358 e. The lowest BCUT2D eigenvalue weighted by molar-refractivity contribution is -0.155. The fourth-order valence-electron chi connectivity index (χ4n) is 3.83. The van der Waals surface area contributed by atoms with E-state index in [9.17, 15) is 28.8 Å². The molecule has 0 saturated carbocycles. The first kappa shape index (κ1) is 24.5. The molecular weight excluding hydrogens is 450 g/mol. The Kier molecular flexibility index (Phi) is 7.66. The number of nitrogens with one attached hydrogen (secondary N) is 2. The number of hydrogen-bond donors (Lipinski definition) is 3. The van der Waals surface area contributed by atoms with Gasteiger partial charge in [0, 0.05) is 13.0 Å². The van der Waals surface area contributed by atoms with Crippen molar-refractivity contribution in [1.82, 2.24) is 25.8 Å². The monoisotopic (exact) mass is 475 g/mol. The van der Waals surface area contributed by atoms with Gasteiger partial charge in [-0.05, 0) is 25.0 Å². The van der Waals surface area contributed by atoms with Gasteiger partial charge in [0.15, 0.2) is 0 Å². The maximum absolute atomic E-state index is 13.4. The van der Waals surface area contributed by atoms with Crippen molar-refractivity contribution in [3.8, 4) is 5.75 Å². The van der Waals surface area contributed by atoms with E-state index >= 15 is 0 Å². The van der Waals surface area contributed by atoms with Gasteiger partial charge in [-0.2, -0.15) is 0 Å². The number of amides is 5. The van der Waals surface area contributed by atoms with Crippen molar-refractivity contribution < 1.29 is 38.6 Å². The molecule has 0 aliphatic carbocycles. The number of carbonyl (C=O) groups is 6. The lowest BCUT2D eigenvalue weighted by Gasteiger charge is -2.42. The third-order valence-electron chi connectivity index (χ3n) is 5.44. The lowest BCUT2D eigenvalue weighted by atomic mass is 10.1. The minimum absolute atomic E-state index is 0.0985. The quantitative estimate of drug-likeness (QED) is 0.425. The molecule has 0 spiro atoms. The Morgan fingerprint density at radius 1 is 1.24 bits per heavy atom. The number of ether oxygens (including phenoxy) is 1. The van der Waals surface area contributed by atoms with Gasteiger partial charge in [-0.25, -0.2) is 19.8 Å². The van der Waals surface area contributed by atoms with Gasteiger partial charge < -0.3 is 20.0 Å². The summed E-state index contributed by atoms with van der Waals surface area (Å²) in [6, 6.07) is 3.11. The molecule has 2 saturated heterocycles. The number of nitrogens with zero attached hydrogens (tertiary/aromatic N) is 3. The van der Waals surface area contributed by atoms with Gasteiger partial charge in [0.25, 0.3) is 5.91 Å². The molecule has 13 heteroatoms. The van der Waals surface area contributed by atoms with E-state index in [4.69, 9.17) is 9.84 Å². The highest BCUT2D eigenvalue weighted by atomic mass is 16.5. The van der Waals surface area contributed by atoms with Crippen molar-refractivity contribution >= 4 is 36.0 Å². The number of benzene rings is 1. The summed E-state index contributed by atoms with van der Waals surface area (Å²) in [4.78, 5) is 73.9. The van der Waals surface area contributed by atoms with E-state index in [1.54, 1.807) is 18.2 Å². The van der Waals surface area contributed by atoms with Crippen LogP contribution in [0.1, 0.15) is 36.0 Å². The molecule has 182 valence electrons. The SMILES string of the molecule is COc1ccccc1C(=O)NN1CCC(=O)N2CCC[C@@H](C(=O)N[C@H](C=O)CC(=O)O)N2C1=O. The Morgan fingerprint density at radius 2 is 1.97 bits per heavy atom. The average molecular weight is 475 g/mol. The fourth-order valence-corrected chi connectivity index (χ4v) is 3.83. The van der Waals surface area contributed by atoms with E-state index in [1.165, 1.54) is 13.2 Å². The Morgan fingerprint density at radius 3 is 2.65 bits per heavy atom. The summed E-state index contributed by atoms with van der Waals surface area (Å²) >= 11 is 0. The first-order chi connectivity index (χ1) is 16.3. The largest absolute Gasteiger partial charge is 0.496 e. The van der Waals surface area contributed by atoms with Crippen LogP contribution in [0.2, 0.25) is 0 Å². The summed E-state index contributed by atoms with van der Waals surface area (Å²) in [6.45, 7) is 0.0603. The second-order valence-electron chi connectivity index (χ2n) is 7.69. The van der Waals surface area contributed by atoms with Gasteiger partial charge in [0.2, 0.25) is 11.8 Å². The van der Waals surface area contributed by atoms with Crippen LogP contribution >= 0.6 is 0 Å². The van der Waals surface area contributed by atoms with Crippen molar-refractivity contribution in [2.24, 2.45) is 0 Å². The predicted octanol–water partition coefficient (Wildman–Crippen LogP) is -0.468.